The van der Waals surface area contributed by atoms with Crippen molar-refractivity contribution in [1.82, 2.24) is 19.6 Å². The number of carbonyl (C=O) groups is 3. The number of pyridine rings is 1. The molecule has 4 rings (SSSR count). The number of imidazole rings is 1. The minimum atomic E-state index is -0.250. The molecule has 8 heteroatoms. The van der Waals surface area contributed by atoms with Crippen molar-refractivity contribution in [3.05, 3.63) is 35.8 Å². The van der Waals surface area contributed by atoms with Crippen molar-refractivity contribution >= 4 is 23.9 Å². The molecular formula is C18H22N4O4. The molecule has 0 aromatic carbocycles. The van der Waals surface area contributed by atoms with Crippen LogP contribution in [0.5, 0.6) is 0 Å². The number of aromatic nitrogens is 2. The van der Waals surface area contributed by atoms with Crippen LogP contribution in [0.15, 0.2) is 24.4 Å². The number of hydrogen-bond donors (Lipinski definition) is 2. The second kappa shape index (κ2) is 7.15. The van der Waals surface area contributed by atoms with Crippen LogP contribution >= 0.6 is 0 Å². The van der Waals surface area contributed by atoms with Gasteiger partial charge < -0.3 is 19.7 Å². The van der Waals surface area contributed by atoms with Crippen LogP contribution < -0.4 is 5.32 Å². The Morgan fingerprint density at radius 1 is 1.35 bits per heavy atom. The predicted octanol–water partition coefficient (Wildman–Crippen LogP) is 1.09. The first-order valence-electron chi connectivity index (χ1n) is 8.57. The van der Waals surface area contributed by atoms with Gasteiger partial charge in [0.1, 0.15) is 11.3 Å². The van der Waals surface area contributed by atoms with Gasteiger partial charge in [0.15, 0.2) is 0 Å². The van der Waals surface area contributed by atoms with Gasteiger partial charge in [-0.3, -0.25) is 14.4 Å². The molecule has 0 unspecified atom stereocenters. The molecule has 138 valence electrons. The number of amides is 2. The largest absolute Gasteiger partial charge is 0.483 e. The zero-order chi connectivity index (χ0) is 18.7. The standard InChI is InChI=1S/C17H20N4O2.CH2O2/c1-12-15(19-13-4-2-3-7-21(12)13)16(23)20-8-5-17(6-9-20)10-14(22)18-11-17;2-1-3/h2-4,7H,5-6,8-11H2,1H3,(H,18,22);1H,(H,2,3). The van der Waals surface area contributed by atoms with Crippen molar-refractivity contribution in [3.63, 3.8) is 0 Å². The molecular weight excluding hydrogens is 336 g/mol. The van der Waals surface area contributed by atoms with E-state index in [4.69, 9.17) is 9.90 Å². The number of carbonyl (C=O) groups excluding carboxylic acids is 2. The van der Waals surface area contributed by atoms with Gasteiger partial charge in [-0.05, 0) is 37.3 Å². The van der Waals surface area contributed by atoms with Gasteiger partial charge in [-0.1, -0.05) is 6.07 Å². The Kier molecular flexibility index (Phi) is 4.92. The van der Waals surface area contributed by atoms with E-state index in [0.29, 0.717) is 25.2 Å². The van der Waals surface area contributed by atoms with Crippen LogP contribution in [-0.4, -0.2) is 57.3 Å². The molecule has 0 aliphatic carbocycles. The third-order valence-corrected chi connectivity index (χ3v) is 5.28. The van der Waals surface area contributed by atoms with Gasteiger partial charge in [-0.2, -0.15) is 0 Å². The minimum Gasteiger partial charge on any atom is -0.483 e. The maximum atomic E-state index is 12.8. The summed E-state index contributed by atoms with van der Waals surface area (Å²) >= 11 is 0. The monoisotopic (exact) mass is 358 g/mol. The molecule has 26 heavy (non-hydrogen) atoms. The van der Waals surface area contributed by atoms with Gasteiger partial charge in [0.05, 0.1) is 5.69 Å². The molecule has 8 nitrogen and oxygen atoms in total. The molecule has 0 saturated carbocycles. The van der Waals surface area contributed by atoms with Crippen LogP contribution in [0.2, 0.25) is 0 Å². The van der Waals surface area contributed by atoms with Gasteiger partial charge in [-0.25, -0.2) is 4.98 Å². The zero-order valence-electron chi connectivity index (χ0n) is 14.6. The summed E-state index contributed by atoms with van der Waals surface area (Å²) in [7, 11) is 0. The predicted molar refractivity (Wildman–Crippen MR) is 93.8 cm³/mol. The van der Waals surface area contributed by atoms with E-state index in [0.717, 1.165) is 30.7 Å². The number of carboxylic acid groups (broad SMARTS) is 1. The fourth-order valence-corrected chi connectivity index (χ4v) is 3.76. The van der Waals surface area contributed by atoms with Gasteiger partial charge >= 0.3 is 0 Å². The third kappa shape index (κ3) is 3.26. The van der Waals surface area contributed by atoms with Crippen LogP contribution in [0, 0.1) is 12.3 Å². The molecule has 2 aliphatic heterocycles. The first-order chi connectivity index (χ1) is 12.5. The van der Waals surface area contributed by atoms with E-state index < -0.39 is 0 Å². The lowest BCUT2D eigenvalue weighted by molar-refractivity contribution is -0.123. The second-order valence-electron chi connectivity index (χ2n) is 6.83. The molecule has 0 bridgehead atoms. The maximum absolute atomic E-state index is 12.8. The van der Waals surface area contributed by atoms with Gasteiger partial charge in [0.25, 0.3) is 12.4 Å². The first-order valence-corrected chi connectivity index (χ1v) is 8.57. The highest BCUT2D eigenvalue weighted by Crippen LogP contribution is 2.37. The topological polar surface area (TPSA) is 104 Å². The normalized spacial score (nSPS) is 18.3. The molecule has 1 spiro atoms. The van der Waals surface area contributed by atoms with Crippen molar-refractivity contribution < 1.29 is 19.5 Å². The number of fused-ring (bicyclic) bond motifs is 1. The highest BCUT2D eigenvalue weighted by molar-refractivity contribution is 5.94. The SMILES string of the molecule is Cc1c(C(=O)N2CCC3(CC2)CNC(=O)C3)nc2ccccn12.O=CO. The maximum Gasteiger partial charge on any atom is 0.290 e. The first kappa shape index (κ1) is 17.9. The molecule has 4 heterocycles. The van der Waals surface area contributed by atoms with E-state index in [-0.39, 0.29) is 23.7 Å². The Balaban J connectivity index is 0.000000613. The van der Waals surface area contributed by atoms with Gasteiger partial charge in [0, 0.05) is 32.3 Å². The van der Waals surface area contributed by atoms with Crippen molar-refractivity contribution in [2.45, 2.75) is 26.2 Å². The van der Waals surface area contributed by atoms with Crippen molar-refractivity contribution in [3.8, 4) is 0 Å². The Hall–Kier alpha value is -2.90. The van der Waals surface area contributed by atoms with Crippen molar-refractivity contribution in [2.75, 3.05) is 19.6 Å². The Morgan fingerprint density at radius 2 is 2.04 bits per heavy atom. The lowest BCUT2D eigenvalue weighted by atomic mass is 9.77. The molecule has 2 amide bonds. The Bertz CT molecular complexity index is 837. The third-order valence-electron chi connectivity index (χ3n) is 5.28. The highest BCUT2D eigenvalue weighted by atomic mass is 16.3. The number of nitrogens with zero attached hydrogens (tertiary/aromatic N) is 3. The van der Waals surface area contributed by atoms with Crippen LogP contribution in [0.3, 0.4) is 0 Å². The van der Waals surface area contributed by atoms with E-state index in [1.807, 2.05) is 40.6 Å². The molecule has 2 aromatic heterocycles. The summed E-state index contributed by atoms with van der Waals surface area (Å²) in [6, 6.07) is 5.76. The molecule has 2 N–H and O–H groups in total. The summed E-state index contributed by atoms with van der Waals surface area (Å²) in [5, 5.41) is 9.81. The Morgan fingerprint density at radius 3 is 2.62 bits per heavy atom. The van der Waals surface area contributed by atoms with Crippen LogP contribution in [-0.2, 0) is 9.59 Å². The number of hydrogen-bond acceptors (Lipinski definition) is 4. The Labute approximate surface area is 150 Å². The zero-order valence-corrected chi connectivity index (χ0v) is 14.6. The van der Waals surface area contributed by atoms with E-state index >= 15 is 0 Å². The molecule has 2 saturated heterocycles. The van der Waals surface area contributed by atoms with E-state index in [1.54, 1.807) is 0 Å². The second-order valence-corrected chi connectivity index (χ2v) is 6.83. The number of likely N-dealkylation sites (tertiary alicyclic amines) is 1. The summed E-state index contributed by atoms with van der Waals surface area (Å²) in [5.41, 5.74) is 2.27. The van der Waals surface area contributed by atoms with E-state index in [9.17, 15) is 9.59 Å². The highest BCUT2D eigenvalue weighted by Gasteiger charge is 2.42. The van der Waals surface area contributed by atoms with E-state index in [1.165, 1.54) is 0 Å². The van der Waals surface area contributed by atoms with Gasteiger partial charge in [-0.15, -0.1) is 0 Å². The molecule has 2 aliphatic rings. The fourth-order valence-electron chi connectivity index (χ4n) is 3.76. The minimum absolute atomic E-state index is 0.00154. The molecule has 2 aromatic rings. The fraction of sp³-hybridized carbons (Fsp3) is 0.444. The number of rotatable bonds is 1. The number of nitrogens with one attached hydrogen (secondary N) is 1. The summed E-state index contributed by atoms with van der Waals surface area (Å²) in [4.78, 5) is 39.1. The smallest absolute Gasteiger partial charge is 0.290 e. The van der Waals surface area contributed by atoms with Crippen LogP contribution in [0.25, 0.3) is 5.65 Å². The molecule has 2 fully saturated rings. The van der Waals surface area contributed by atoms with Crippen molar-refractivity contribution in [2.24, 2.45) is 5.41 Å². The number of aryl methyl sites for hydroxylation is 1. The van der Waals surface area contributed by atoms with Crippen LogP contribution in [0.4, 0.5) is 0 Å². The lowest BCUT2D eigenvalue weighted by Gasteiger charge is -2.38. The average molecular weight is 358 g/mol. The summed E-state index contributed by atoms with van der Waals surface area (Å²) < 4.78 is 1.94. The molecule has 0 radical (unpaired) electrons. The molecule has 0 atom stereocenters. The lowest BCUT2D eigenvalue weighted by Crippen LogP contribution is -2.44. The summed E-state index contributed by atoms with van der Waals surface area (Å²) in [6.45, 7) is 3.82. The average Bonchev–Trinajstić information content (AvgIpc) is 3.17. The quantitative estimate of drug-likeness (QED) is 0.743. The van der Waals surface area contributed by atoms with Crippen LogP contribution in [0.1, 0.15) is 35.4 Å². The van der Waals surface area contributed by atoms with Gasteiger partial charge in [0.2, 0.25) is 5.91 Å². The summed E-state index contributed by atoms with van der Waals surface area (Å²) in [6.07, 6.45) is 4.28. The van der Waals surface area contributed by atoms with Crippen molar-refractivity contribution in [1.29, 1.82) is 0 Å². The number of piperidine rings is 1. The van der Waals surface area contributed by atoms with E-state index in [2.05, 4.69) is 10.3 Å². The summed E-state index contributed by atoms with van der Waals surface area (Å²) in [5.74, 6) is 0.138.